The van der Waals surface area contributed by atoms with Gasteiger partial charge in [-0.15, -0.1) is 0 Å². The number of hydrogen-bond acceptors (Lipinski definition) is 3. The third-order valence-electron chi connectivity index (χ3n) is 3.63. The van der Waals surface area contributed by atoms with Crippen molar-refractivity contribution in [3.05, 3.63) is 17.0 Å². The van der Waals surface area contributed by atoms with Crippen molar-refractivity contribution in [2.75, 3.05) is 20.1 Å². The van der Waals surface area contributed by atoms with Gasteiger partial charge in [0, 0.05) is 32.4 Å². The fourth-order valence-electron chi connectivity index (χ4n) is 2.40. The lowest BCUT2D eigenvalue weighted by Crippen LogP contribution is -2.38. The molecule has 0 bridgehead atoms. The number of carbonyl (C=O) groups is 1. The van der Waals surface area contributed by atoms with Crippen LogP contribution in [0.1, 0.15) is 28.2 Å². The molecule has 1 saturated heterocycles. The molecule has 94 valence electrons. The zero-order valence-electron chi connectivity index (χ0n) is 10.9. The van der Waals surface area contributed by atoms with Crippen molar-refractivity contribution in [1.29, 1.82) is 0 Å². The van der Waals surface area contributed by atoms with E-state index in [9.17, 15) is 4.79 Å². The minimum absolute atomic E-state index is 0.0850. The van der Waals surface area contributed by atoms with Crippen molar-refractivity contribution in [2.24, 2.45) is 7.05 Å². The van der Waals surface area contributed by atoms with E-state index in [0.29, 0.717) is 6.04 Å². The summed E-state index contributed by atoms with van der Waals surface area (Å²) < 4.78 is 1.77. The van der Waals surface area contributed by atoms with Gasteiger partial charge in [0.05, 0.1) is 11.3 Å². The SMILES string of the molecule is Cc1nn(C)c(C)c1C(=O)N(C)C1CCNC1. The fraction of sp³-hybridized carbons (Fsp3) is 0.667. The van der Waals surface area contributed by atoms with E-state index in [1.807, 2.05) is 32.8 Å². The van der Waals surface area contributed by atoms with Crippen molar-refractivity contribution in [3.8, 4) is 0 Å². The summed E-state index contributed by atoms with van der Waals surface area (Å²) in [6.45, 7) is 5.71. The fourth-order valence-corrected chi connectivity index (χ4v) is 2.40. The number of nitrogens with one attached hydrogen (secondary N) is 1. The van der Waals surface area contributed by atoms with Gasteiger partial charge in [-0.1, -0.05) is 0 Å². The van der Waals surface area contributed by atoms with Gasteiger partial charge in [-0.3, -0.25) is 9.48 Å². The lowest BCUT2D eigenvalue weighted by Gasteiger charge is -2.23. The number of aryl methyl sites for hydroxylation is 2. The van der Waals surface area contributed by atoms with Gasteiger partial charge in [-0.25, -0.2) is 0 Å². The molecule has 0 radical (unpaired) electrons. The first-order valence-corrected chi connectivity index (χ1v) is 6.00. The molecule has 2 rings (SSSR count). The first-order valence-electron chi connectivity index (χ1n) is 6.00. The van der Waals surface area contributed by atoms with Gasteiger partial charge in [-0.2, -0.15) is 5.10 Å². The summed E-state index contributed by atoms with van der Waals surface area (Å²) in [5.41, 5.74) is 2.50. The van der Waals surface area contributed by atoms with Gasteiger partial charge in [0.25, 0.3) is 5.91 Å². The Kier molecular flexibility index (Phi) is 3.19. The molecule has 0 spiro atoms. The molecule has 1 aromatic heterocycles. The first-order chi connectivity index (χ1) is 8.02. The summed E-state index contributed by atoms with van der Waals surface area (Å²) >= 11 is 0. The van der Waals surface area contributed by atoms with Crippen LogP contribution < -0.4 is 5.32 Å². The van der Waals surface area contributed by atoms with E-state index >= 15 is 0 Å². The summed E-state index contributed by atoms with van der Waals surface area (Å²) in [6.07, 6.45) is 1.03. The van der Waals surface area contributed by atoms with Crippen molar-refractivity contribution in [1.82, 2.24) is 20.0 Å². The van der Waals surface area contributed by atoms with Crippen molar-refractivity contribution < 1.29 is 4.79 Å². The largest absolute Gasteiger partial charge is 0.337 e. The molecule has 0 saturated carbocycles. The van der Waals surface area contributed by atoms with E-state index in [1.54, 1.807) is 4.68 Å². The van der Waals surface area contributed by atoms with Crippen LogP contribution in [0.4, 0.5) is 0 Å². The summed E-state index contributed by atoms with van der Waals surface area (Å²) in [5, 5.41) is 7.57. The van der Waals surface area contributed by atoms with Crippen LogP contribution in [0, 0.1) is 13.8 Å². The Balaban J connectivity index is 2.24. The molecule has 17 heavy (non-hydrogen) atoms. The quantitative estimate of drug-likeness (QED) is 0.812. The minimum atomic E-state index is 0.0850. The molecule has 1 aliphatic heterocycles. The van der Waals surface area contributed by atoms with Crippen LogP contribution >= 0.6 is 0 Å². The Bertz CT molecular complexity index is 432. The van der Waals surface area contributed by atoms with Gasteiger partial charge in [-0.05, 0) is 26.8 Å². The third kappa shape index (κ3) is 2.07. The van der Waals surface area contributed by atoms with E-state index in [-0.39, 0.29) is 5.91 Å². The van der Waals surface area contributed by atoms with Crippen LogP contribution in [-0.4, -0.2) is 46.8 Å². The lowest BCUT2D eigenvalue weighted by molar-refractivity contribution is 0.0742. The van der Waals surface area contributed by atoms with Crippen LogP contribution in [0.5, 0.6) is 0 Å². The molecule has 1 amide bonds. The molecule has 2 heterocycles. The third-order valence-corrected chi connectivity index (χ3v) is 3.63. The number of likely N-dealkylation sites (N-methyl/N-ethyl adjacent to an activating group) is 1. The van der Waals surface area contributed by atoms with Gasteiger partial charge < -0.3 is 10.2 Å². The zero-order chi connectivity index (χ0) is 12.6. The van der Waals surface area contributed by atoms with E-state index < -0.39 is 0 Å². The van der Waals surface area contributed by atoms with Gasteiger partial charge in [0.15, 0.2) is 0 Å². The summed E-state index contributed by atoms with van der Waals surface area (Å²) in [7, 11) is 3.75. The average molecular weight is 236 g/mol. The number of aromatic nitrogens is 2. The Morgan fingerprint density at radius 1 is 1.53 bits per heavy atom. The summed E-state index contributed by atoms with van der Waals surface area (Å²) in [4.78, 5) is 14.3. The van der Waals surface area contributed by atoms with E-state index in [0.717, 1.165) is 36.5 Å². The van der Waals surface area contributed by atoms with E-state index in [2.05, 4.69) is 10.4 Å². The van der Waals surface area contributed by atoms with Gasteiger partial charge in [0.1, 0.15) is 0 Å². The van der Waals surface area contributed by atoms with Gasteiger partial charge >= 0.3 is 0 Å². The van der Waals surface area contributed by atoms with E-state index in [1.165, 1.54) is 0 Å². The smallest absolute Gasteiger partial charge is 0.257 e. The van der Waals surface area contributed by atoms with Crippen LogP contribution in [0.15, 0.2) is 0 Å². The Hall–Kier alpha value is -1.36. The molecule has 1 unspecified atom stereocenters. The van der Waals surface area contributed by atoms with E-state index in [4.69, 9.17) is 0 Å². The predicted octanol–water partition coefficient (Wildman–Crippen LogP) is 0.471. The molecule has 1 fully saturated rings. The maximum absolute atomic E-state index is 12.4. The molecule has 1 atom stereocenters. The maximum atomic E-state index is 12.4. The van der Waals surface area contributed by atoms with Crippen LogP contribution in [-0.2, 0) is 7.05 Å². The number of hydrogen-bond donors (Lipinski definition) is 1. The number of carbonyl (C=O) groups excluding carboxylic acids is 1. The van der Waals surface area contributed by atoms with Crippen molar-refractivity contribution >= 4 is 5.91 Å². The average Bonchev–Trinajstić information content (AvgIpc) is 2.87. The molecule has 5 nitrogen and oxygen atoms in total. The molecule has 1 N–H and O–H groups in total. The summed E-state index contributed by atoms with van der Waals surface area (Å²) in [6, 6.07) is 0.307. The van der Waals surface area contributed by atoms with Crippen LogP contribution in [0.25, 0.3) is 0 Å². The highest BCUT2D eigenvalue weighted by molar-refractivity contribution is 5.96. The first kappa shape index (κ1) is 12.1. The Morgan fingerprint density at radius 2 is 2.24 bits per heavy atom. The standard InChI is InChI=1S/C12H20N4O/c1-8-11(9(2)16(4)14-8)12(17)15(3)10-5-6-13-7-10/h10,13H,5-7H2,1-4H3. The molecule has 5 heteroatoms. The van der Waals surface area contributed by atoms with Gasteiger partial charge in [0.2, 0.25) is 0 Å². The second-order valence-electron chi connectivity index (χ2n) is 4.73. The number of amides is 1. The lowest BCUT2D eigenvalue weighted by atomic mass is 10.1. The molecule has 1 aliphatic rings. The molecular weight excluding hydrogens is 216 g/mol. The number of rotatable bonds is 2. The summed E-state index contributed by atoms with van der Waals surface area (Å²) in [5.74, 6) is 0.0850. The van der Waals surface area contributed by atoms with Crippen LogP contribution in [0.3, 0.4) is 0 Å². The second-order valence-corrected chi connectivity index (χ2v) is 4.73. The minimum Gasteiger partial charge on any atom is -0.337 e. The highest BCUT2D eigenvalue weighted by atomic mass is 16.2. The molecule has 1 aromatic rings. The topological polar surface area (TPSA) is 50.2 Å². The second kappa shape index (κ2) is 4.49. The predicted molar refractivity (Wildman–Crippen MR) is 66.1 cm³/mol. The number of nitrogens with zero attached hydrogens (tertiary/aromatic N) is 3. The Morgan fingerprint density at radius 3 is 2.71 bits per heavy atom. The highest BCUT2D eigenvalue weighted by Crippen LogP contribution is 2.17. The molecular formula is C12H20N4O. The van der Waals surface area contributed by atoms with Crippen LogP contribution in [0.2, 0.25) is 0 Å². The molecule has 0 aromatic carbocycles. The normalized spacial score (nSPS) is 19.6. The van der Waals surface area contributed by atoms with Crippen molar-refractivity contribution in [2.45, 2.75) is 26.3 Å². The maximum Gasteiger partial charge on any atom is 0.257 e. The highest BCUT2D eigenvalue weighted by Gasteiger charge is 2.27. The Labute approximate surface area is 102 Å². The monoisotopic (exact) mass is 236 g/mol. The zero-order valence-corrected chi connectivity index (χ0v) is 10.9. The van der Waals surface area contributed by atoms with Crippen molar-refractivity contribution in [3.63, 3.8) is 0 Å². The molecule has 0 aliphatic carbocycles.